The van der Waals surface area contributed by atoms with Gasteiger partial charge >= 0.3 is 0 Å². The van der Waals surface area contributed by atoms with Crippen molar-refractivity contribution in [1.29, 1.82) is 0 Å². The van der Waals surface area contributed by atoms with Crippen LogP contribution in [0.5, 0.6) is 0 Å². The van der Waals surface area contributed by atoms with Gasteiger partial charge in [0.2, 0.25) is 0 Å². The van der Waals surface area contributed by atoms with E-state index in [4.69, 9.17) is 19.9 Å². The average Bonchev–Trinajstić information content (AvgIpc) is 2.47. The van der Waals surface area contributed by atoms with Crippen molar-refractivity contribution in [1.82, 2.24) is 0 Å². The molecule has 0 aliphatic heterocycles. The standard InChI is InChI=1S/C15H24FNO3/c1-3-14(17)15(12-4-6-13(16)7-5-12)20-11-10-19-9-8-18-2/h4-7,14-15H,3,8-11,17H2,1-2H3. The highest BCUT2D eigenvalue weighted by molar-refractivity contribution is 5.20. The van der Waals surface area contributed by atoms with Gasteiger partial charge in [0.05, 0.1) is 32.5 Å². The van der Waals surface area contributed by atoms with Gasteiger partial charge in [0.1, 0.15) is 5.82 Å². The van der Waals surface area contributed by atoms with Gasteiger partial charge in [0, 0.05) is 13.2 Å². The zero-order valence-corrected chi connectivity index (χ0v) is 12.2. The lowest BCUT2D eigenvalue weighted by atomic mass is 10.0. The molecule has 0 spiro atoms. The van der Waals surface area contributed by atoms with E-state index in [-0.39, 0.29) is 18.0 Å². The van der Waals surface area contributed by atoms with E-state index in [0.717, 1.165) is 12.0 Å². The van der Waals surface area contributed by atoms with Crippen LogP contribution in [0.1, 0.15) is 25.0 Å². The molecule has 1 rings (SSSR count). The van der Waals surface area contributed by atoms with Crippen LogP contribution in [0.4, 0.5) is 4.39 Å². The molecular formula is C15H24FNO3. The van der Waals surface area contributed by atoms with Crippen LogP contribution >= 0.6 is 0 Å². The molecule has 5 heteroatoms. The van der Waals surface area contributed by atoms with Crippen LogP contribution in [0, 0.1) is 5.82 Å². The molecule has 0 bridgehead atoms. The van der Waals surface area contributed by atoms with Gasteiger partial charge in [-0.2, -0.15) is 0 Å². The Morgan fingerprint density at radius 1 is 1.10 bits per heavy atom. The van der Waals surface area contributed by atoms with E-state index in [0.29, 0.717) is 26.4 Å². The molecular weight excluding hydrogens is 261 g/mol. The third kappa shape index (κ3) is 5.96. The number of hydrogen-bond acceptors (Lipinski definition) is 4. The van der Waals surface area contributed by atoms with Crippen LogP contribution < -0.4 is 5.73 Å². The second-order valence-electron chi connectivity index (χ2n) is 4.52. The summed E-state index contributed by atoms with van der Waals surface area (Å²) in [6.07, 6.45) is 0.540. The number of benzene rings is 1. The fourth-order valence-corrected chi connectivity index (χ4v) is 1.81. The van der Waals surface area contributed by atoms with Gasteiger partial charge in [-0.15, -0.1) is 0 Å². The van der Waals surface area contributed by atoms with Crippen LogP contribution in [-0.4, -0.2) is 39.6 Å². The minimum Gasteiger partial charge on any atom is -0.382 e. The highest BCUT2D eigenvalue weighted by Crippen LogP contribution is 2.22. The predicted octanol–water partition coefficient (Wildman–Crippen LogP) is 2.28. The summed E-state index contributed by atoms with van der Waals surface area (Å²) < 4.78 is 29.0. The van der Waals surface area contributed by atoms with Crippen LogP contribution in [0.3, 0.4) is 0 Å². The molecule has 20 heavy (non-hydrogen) atoms. The van der Waals surface area contributed by atoms with Crippen LogP contribution in [-0.2, 0) is 14.2 Å². The Hall–Kier alpha value is -1.01. The summed E-state index contributed by atoms with van der Waals surface area (Å²) in [4.78, 5) is 0. The smallest absolute Gasteiger partial charge is 0.123 e. The third-order valence-corrected chi connectivity index (χ3v) is 3.02. The number of rotatable bonds is 10. The molecule has 0 fully saturated rings. The van der Waals surface area contributed by atoms with Gasteiger partial charge in [-0.25, -0.2) is 4.39 Å². The molecule has 0 aromatic heterocycles. The van der Waals surface area contributed by atoms with E-state index in [1.54, 1.807) is 19.2 Å². The first-order valence-corrected chi connectivity index (χ1v) is 6.88. The maximum atomic E-state index is 13.0. The molecule has 1 aromatic rings. The van der Waals surface area contributed by atoms with Crippen molar-refractivity contribution in [2.24, 2.45) is 5.73 Å². The number of hydrogen-bond donors (Lipinski definition) is 1. The molecule has 2 unspecified atom stereocenters. The Balaban J connectivity index is 2.46. The molecule has 1 aromatic carbocycles. The SMILES string of the molecule is CCC(N)C(OCCOCCOC)c1ccc(F)cc1. The minimum absolute atomic E-state index is 0.126. The zero-order valence-electron chi connectivity index (χ0n) is 12.2. The van der Waals surface area contributed by atoms with E-state index in [9.17, 15) is 4.39 Å². The zero-order chi connectivity index (χ0) is 14.8. The van der Waals surface area contributed by atoms with Gasteiger partial charge in [0.25, 0.3) is 0 Å². The molecule has 0 amide bonds. The van der Waals surface area contributed by atoms with Crippen LogP contribution in [0.15, 0.2) is 24.3 Å². The van der Waals surface area contributed by atoms with Crippen molar-refractivity contribution in [3.8, 4) is 0 Å². The quantitative estimate of drug-likeness (QED) is 0.670. The Labute approximate surface area is 120 Å². The number of methoxy groups -OCH3 is 1. The largest absolute Gasteiger partial charge is 0.382 e. The van der Waals surface area contributed by atoms with Gasteiger partial charge in [0.15, 0.2) is 0 Å². The van der Waals surface area contributed by atoms with E-state index in [1.807, 2.05) is 6.92 Å². The van der Waals surface area contributed by atoms with E-state index in [2.05, 4.69) is 0 Å². The first-order valence-electron chi connectivity index (χ1n) is 6.88. The number of ether oxygens (including phenoxy) is 3. The summed E-state index contributed by atoms with van der Waals surface area (Å²) >= 11 is 0. The predicted molar refractivity (Wildman–Crippen MR) is 76.1 cm³/mol. The highest BCUT2D eigenvalue weighted by atomic mass is 19.1. The Kier molecular flexibility index (Phi) is 8.37. The van der Waals surface area contributed by atoms with Gasteiger partial charge in [-0.1, -0.05) is 19.1 Å². The van der Waals surface area contributed by atoms with E-state index < -0.39 is 0 Å². The average molecular weight is 285 g/mol. The van der Waals surface area contributed by atoms with Crippen molar-refractivity contribution >= 4 is 0 Å². The molecule has 0 radical (unpaired) electrons. The fourth-order valence-electron chi connectivity index (χ4n) is 1.81. The maximum Gasteiger partial charge on any atom is 0.123 e. The van der Waals surface area contributed by atoms with Crippen molar-refractivity contribution in [2.75, 3.05) is 33.5 Å². The second-order valence-corrected chi connectivity index (χ2v) is 4.52. The molecule has 0 aliphatic carbocycles. The third-order valence-electron chi connectivity index (χ3n) is 3.02. The molecule has 0 aliphatic rings. The van der Waals surface area contributed by atoms with Crippen LogP contribution in [0.2, 0.25) is 0 Å². The molecule has 2 N–H and O–H groups in total. The van der Waals surface area contributed by atoms with Gasteiger partial charge in [-0.3, -0.25) is 0 Å². The minimum atomic E-state index is -0.263. The molecule has 114 valence electrons. The molecule has 0 heterocycles. The number of halogens is 1. The summed E-state index contributed by atoms with van der Waals surface area (Å²) in [7, 11) is 1.63. The lowest BCUT2D eigenvalue weighted by Crippen LogP contribution is -2.30. The van der Waals surface area contributed by atoms with Crippen molar-refractivity contribution in [3.63, 3.8) is 0 Å². The topological polar surface area (TPSA) is 53.7 Å². The molecule has 2 atom stereocenters. The normalized spacial score (nSPS) is 14.2. The monoisotopic (exact) mass is 285 g/mol. The molecule has 4 nitrogen and oxygen atoms in total. The Morgan fingerprint density at radius 2 is 1.75 bits per heavy atom. The number of nitrogens with two attached hydrogens (primary N) is 1. The lowest BCUT2D eigenvalue weighted by molar-refractivity contribution is -0.0166. The summed E-state index contributed by atoms with van der Waals surface area (Å²) in [6.45, 7) is 4.04. The highest BCUT2D eigenvalue weighted by Gasteiger charge is 2.19. The maximum absolute atomic E-state index is 13.0. The second kappa shape index (κ2) is 9.83. The molecule has 0 saturated carbocycles. The summed E-state index contributed by atoms with van der Waals surface area (Å²) in [6, 6.07) is 6.13. The van der Waals surface area contributed by atoms with Crippen LogP contribution in [0.25, 0.3) is 0 Å². The first kappa shape index (κ1) is 17.0. The van der Waals surface area contributed by atoms with Gasteiger partial charge < -0.3 is 19.9 Å². The van der Waals surface area contributed by atoms with Gasteiger partial charge in [-0.05, 0) is 24.1 Å². The summed E-state index contributed by atoms with van der Waals surface area (Å²) in [5.41, 5.74) is 6.96. The summed E-state index contributed by atoms with van der Waals surface area (Å²) in [5.74, 6) is -0.263. The summed E-state index contributed by atoms with van der Waals surface area (Å²) in [5, 5.41) is 0. The van der Waals surface area contributed by atoms with Crippen molar-refractivity contribution in [2.45, 2.75) is 25.5 Å². The van der Waals surface area contributed by atoms with E-state index in [1.165, 1.54) is 12.1 Å². The molecule has 0 saturated heterocycles. The van der Waals surface area contributed by atoms with Crippen molar-refractivity contribution in [3.05, 3.63) is 35.6 Å². The fraction of sp³-hybridized carbons (Fsp3) is 0.600. The lowest BCUT2D eigenvalue weighted by Gasteiger charge is -2.24. The first-order chi connectivity index (χ1) is 9.69. The van der Waals surface area contributed by atoms with E-state index >= 15 is 0 Å². The Morgan fingerprint density at radius 3 is 2.35 bits per heavy atom. The Bertz CT molecular complexity index is 359. The van der Waals surface area contributed by atoms with Crippen molar-refractivity contribution < 1.29 is 18.6 Å².